The Morgan fingerprint density at radius 3 is 2.41 bits per heavy atom. The summed E-state index contributed by atoms with van der Waals surface area (Å²) in [4.78, 5) is 25.2. The van der Waals surface area contributed by atoms with E-state index in [1.807, 2.05) is 13.8 Å². The average Bonchev–Trinajstić information content (AvgIpc) is 2.77. The maximum absolute atomic E-state index is 11.8. The second-order valence-corrected chi connectivity index (χ2v) is 4.66. The summed E-state index contributed by atoms with van der Waals surface area (Å²) in [5, 5.41) is 2.72. The van der Waals surface area contributed by atoms with Crippen LogP contribution in [0.15, 0.2) is 0 Å². The van der Waals surface area contributed by atoms with Crippen LogP contribution in [0.4, 0.5) is 4.79 Å². The van der Waals surface area contributed by atoms with Gasteiger partial charge in [0.1, 0.15) is 6.73 Å². The first kappa shape index (κ1) is 13.9. The van der Waals surface area contributed by atoms with Crippen molar-refractivity contribution in [3.8, 4) is 0 Å². The Labute approximate surface area is 101 Å². The lowest BCUT2D eigenvalue weighted by molar-refractivity contribution is -0.122. The third kappa shape index (κ3) is 3.67. The van der Waals surface area contributed by atoms with Crippen molar-refractivity contribution in [2.75, 3.05) is 19.9 Å². The molecule has 1 heterocycles. The lowest BCUT2D eigenvalue weighted by Gasteiger charge is -2.25. The molecule has 2 amide bonds. The molecule has 17 heavy (non-hydrogen) atoms. The molecule has 1 aliphatic heterocycles. The third-order valence-electron chi connectivity index (χ3n) is 2.74. The number of hydrogen-bond acceptors (Lipinski definition) is 4. The fourth-order valence-electron chi connectivity index (χ4n) is 1.65. The van der Waals surface area contributed by atoms with Crippen molar-refractivity contribution in [3.05, 3.63) is 0 Å². The number of ketones is 1. The molecule has 6 nitrogen and oxygen atoms in total. The van der Waals surface area contributed by atoms with Crippen molar-refractivity contribution >= 4 is 11.8 Å². The highest BCUT2D eigenvalue weighted by Gasteiger charge is 2.29. The van der Waals surface area contributed by atoms with Crippen molar-refractivity contribution < 1.29 is 14.3 Å². The number of rotatable bonds is 4. The van der Waals surface area contributed by atoms with E-state index in [1.165, 1.54) is 4.90 Å². The standard InChI is InChI=1S/C11H21N3O3/c1-7(2)9(10(15)8(3)12)13-11(16)14-4-5-17-6-14/h7-9H,4-6,12H2,1-3H3,(H,13,16)/t8-,9-/m0/s1. The van der Waals surface area contributed by atoms with Crippen LogP contribution in [-0.4, -0.2) is 48.7 Å². The number of carbonyl (C=O) groups excluding carboxylic acids is 2. The van der Waals surface area contributed by atoms with E-state index >= 15 is 0 Å². The number of nitrogens with zero attached hydrogens (tertiary/aromatic N) is 1. The molecule has 0 radical (unpaired) electrons. The summed E-state index contributed by atoms with van der Waals surface area (Å²) in [6.45, 7) is 6.77. The van der Waals surface area contributed by atoms with Crippen LogP contribution in [0.1, 0.15) is 20.8 Å². The molecule has 6 heteroatoms. The molecule has 1 fully saturated rings. The van der Waals surface area contributed by atoms with Crippen molar-refractivity contribution in [1.29, 1.82) is 0 Å². The molecule has 0 unspecified atom stereocenters. The van der Waals surface area contributed by atoms with Gasteiger partial charge < -0.3 is 15.8 Å². The lowest BCUT2D eigenvalue weighted by atomic mass is 9.96. The summed E-state index contributed by atoms with van der Waals surface area (Å²) in [5.74, 6) is -0.130. The average molecular weight is 243 g/mol. The molecule has 0 saturated carbocycles. The summed E-state index contributed by atoms with van der Waals surface area (Å²) in [6, 6.07) is -1.38. The molecular weight excluding hydrogens is 222 g/mol. The molecule has 0 aliphatic carbocycles. The molecule has 1 saturated heterocycles. The van der Waals surface area contributed by atoms with E-state index in [1.54, 1.807) is 6.92 Å². The van der Waals surface area contributed by atoms with Gasteiger partial charge in [-0.1, -0.05) is 13.8 Å². The highest BCUT2D eigenvalue weighted by atomic mass is 16.5. The van der Waals surface area contributed by atoms with Crippen LogP contribution in [0, 0.1) is 5.92 Å². The van der Waals surface area contributed by atoms with Crippen molar-refractivity contribution in [1.82, 2.24) is 10.2 Å². The zero-order chi connectivity index (χ0) is 13.0. The number of ether oxygens (including phenoxy) is 1. The van der Waals surface area contributed by atoms with Crippen LogP contribution in [0.25, 0.3) is 0 Å². The summed E-state index contributed by atoms with van der Waals surface area (Å²) >= 11 is 0. The Kier molecular flexibility index (Phi) is 4.89. The van der Waals surface area contributed by atoms with Gasteiger partial charge >= 0.3 is 6.03 Å². The van der Waals surface area contributed by atoms with Gasteiger partial charge in [-0.25, -0.2) is 4.79 Å². The third-order valence-corrected chi connectivity index (χ3v) is 2.74. The number of urea groups is 1. The first-order valence-electron chi connectivity index (χ1n) is 5.86. The zero-order valence-corrected chi connectivity index (χ0v) is 10.6. The van der Waals surface area contributed by atoms with Gasteiger partial charge in [-0.05, 0) is 12.8 Å². The number of amides is 2. The first-order chi connectivity index (χ1) is 7.93. The number of nitrogens with two attached hydrogens (primary N) is 1. The molecule has 0 aromatic heterocycles. The molecule has 98 valence electrons. The molecule has 2 atom stereocenters. The van der Waals surface area contributed by atoms with E-state index in [0.717, 1.165) is 0 Å². The molecular formula is C11H21N3O3. The lowest BCUT2D eigenvalue weighted by Crippen LogP contribution is -2.53. The number of nitrogens with one attached hydrogen (secondary N) is 1. The Morgan fingerprint density at radius 2 is 2.00 bits per heavy atom. The van der Waals surface area contributed by atoms with E-state index in [2.05, 4.69) is 5.32 Å². The maximum atomic E-state index is 11.8. The quantitative estimate of drug-likeness (QED) is 0.723. The van der Waals surface area contributed by atoms with E-state index in [4.69, 9.17) is 10.5 Å². The Bertz CT molecular complexity index is 286. The second kappa shape index (κ2) is 5.97. The van der Waals surface area contributed by atoms with E-state index in [-0.39, 0.29) is 24.5 Å². The topological polar surface area (TPSA) is 84.7 Å². The predicted molar refractivity (Wildman–Crippen MR) is 63.3 cm³/mol. The van der Waals surface area contributed by atoms with Gasteiger partial charge in [0.2, 0.25) is 0 Å². The van der Waals surface area contributed by atoms with Crippen LogP contribution < -0.4 is 11.1 Å². The highest BCUT2D eigenvalue weighted by Crippen LogP contribution is 2.07. The van der Waals surface area contributed by atoms with Crippen LogP contribution in [0.5, 0.6) is 0 Å². The molecule has 0 spiro atoms. The monoisotopic (exact) mass is 243 g/mol. The van der Waals surface area contributed by atoms with Crippen molar-refractivity contribution in [2.24, 2.45) is 11.7 Å². The van der Waals surface area contributed by atoms with Crippen LogP contribution in [0.3, 0.4) is 0 Å². The SMILES string of the molecule is CC(C)[C@H](NC(=O)N1CCOC1)C(=O)[C@H](C)N. The number of carbonyl (C=O) groups is 2. The zero-order valence-electron chi connectivity index (χ0n) is 10.6. The highest BCUT2D eigenvalue weighted by molar-refractivity contribution is 5.92. The largest absolute Gasteiger partial charge is 0.359 e. The Hall–Kier alpha value is -1.14. The summed E-state index contributed by atoms with van der Waals surface area (Å²) in [6.07, 6.45) is 0. The van der Waals surface area contributed by atoms with Crippen molar-refractivity contribution in [3.63, 3.8) is 0 Å². The van der Waals surface area contributed by atoms with Crippen LogP contribution in [0.2, 0.25) is 0 Å². The van der Waals surface area contributed by atoms with Crippen LogP contribution in [-0.2, 0) is 9.53 Å². The summed E-state index contributed by atoms with van der Waals surface area (Å²) in [5.41, 5.74) is 5.56. The van der Waals surface area contributed by atoms with Gasteiger partial charge in [0.25, 0.3) is 0 Å². The Morgan fingerprint density at radius 1 is 1.35 bits per heavy atom. The minimum absolute atomic E-state index is 0.0148. The first-order valence-corrected chi connectivity index (χ1v) is 5.86. The summed E-state index contributed by atoms with van der Waals surface area (Å²) < 4.78 is 5.08. The molecule has 0 bridgehead atoms. The fraction of sp³-hybridized carbons (Fsp3) is 0.818. The molecule has 1 aliphatic rings. The van der Waals surface area contributed by atoms with Gasteiger partial charge in [0.05, 0.1) is 18.7 Å². The van der Waals surface area contributed by atoms with Gasteiger partial charge in [-0.3, -0.25) is 9.69 Å². The number of Topliss-reactive ketones (excluding diaryl/α,β-unsaturated/α-hetero) is 1. The molecule has 1 rings (SSSR count). The minimum atomic E-state index is -0.572. The Balaban J connectivity index is 2.60. The summed E-state index contributed by atoms with van der Waals surface area (Å²) in [7, 11) is 0. The van der Waals surface area contributed by atoms with E-state index < -0.39 is 12.1 Å². The maximum Gasteiger partial charge on any atom is 0.319 e. The smallest absolute Gasteiger partial charge is 0.319 e. The molecule has 3 N–H and O–H groups in total. The van der Waals surface area contributed by atoms with Gasteiger partial charge in [-0.2, -0.15) is 0 Å². The molecule has 0 aromatic carbocycles. The van der Waals surface area contributed by atoms with Gasteiger partial charge in [0, 0.05) is 6.54 Å². The van der Waals surface area contributed by atoms with Crippen molar-refractivity contribution in [2.45, 2.75) is 32.9 Å². The predicted octanol–water partition coefficient (Wildman–Crippen LogP) is -0.0734. The second-order valence-electron chi connectivity index (χ2n) is 4.66. The van der Waals surface area contributed by atoms with Gasteiger partial charge in [-0.15, -0.1) is 0 Å². The number of hydrogen-bond donors (Lipinski definition) is 2. The molecule has 0 aromatic rings. The minimum Gasteiger partial charge on any atom is -0.359 e. The van der Waals surface area contributed by atoms with E-state index in [0.29, 0.717) is 13.2 Å². The normalized spacial score (nSPS) is 19.2. The van der Waals surface area contributed by atoms with E-state index in [9.17, 15) is 9.59 Å². The van der Waals surface area contributed by atoms with Crippen LogP contribution >= 0.6 is 0 Å². The fourth-order valence-corrected chi connectivity index (χ4v) is 1.65. The van der Waals surface area contributed by atoms with Gasteiger partial charge in [0.15, 0.2) is 5.78 Å².